The molecule has 0 amide bonds. The van der Waals surface area contributed by atoms with Gasteiger partial charge in [0.05, 0.1) is 12.5 Å². The normalized spacial score (nSPS) is 11.9. The van der Waals surface area contributed by atoms with Crippen LogP contribution in [0.5, 0.6) is 5.75 Å². The molecule has 0 aliphatic rings. The molecule has 0 heterocycles. The Morgan fingerprint density at radius 1 is 0.913 bits per heavy atom. The molecule has 122 valence electrons. The molecule has 0 saturated heterocycles. The Labute approximate surface area is 139 Å². The van der Waals surface area contributed by atoms with E-state index in [1.807, 2.05) is 54.6 Å². The SMILES string of the molecule is CCCCCCOc1ccc(C(C(C)=O)c2ccccc2)cc1. The van der Waals surface area contributed by atoms with Crippen LogP contribution in [-0.4, -0.2) is 12.4 Å². The van der Waals surface area contributed by atoms with E-state index in [9.17, 15) is 4.79 Å². The minimum absolute atomic E-state index is 0.157. The molecule has 0 radical (unpaired) electrons. The summed E-state index contributed by atoms with van der Waals surface area (Å²) in [6.45, 7) is 4.61. The molecule has 0 saturated carbocycles. The first-order chi connectivity index (χ1) is 11.2. The summed E-state index contributed by atoms with van der Waals surface area (Å²) in [6.07, 6.45) is 4.81. The van der Waals surface area contributed by atoms with Gasteiger partial charge in [-0.3, -0.25) is 4.79 Å². The molecule has 0 fully saturated rings. The second-order valence-electron chi connectivity index (χ2n) is 5.93. The summed E-state index contributed by atoms with van der Waals surface area (Å²) in [5, 5.41) is 0. The largest absolute Gasteiger partial charge is 0.494 e. The van der Waals surface area contributed by atoms with Gasteiger partial charge in [0.25, 0.3) is 0 Å². The van der Waals surface area contributed by atoms with Crippen LogP contribution in [0.3, 0.4) is 0 Å². The molecule has 2 aromatic rings. The van der Waals surface area contributed by atoms with Crippen LogP contribution in [-0.2, 0) is 4.79 Å². The predicted octanol–water partition coefficient (Wildman–Crippen LogP) is 5.37. The molecule has 1 unspecified atom stereocenters. The Hall–Kier alpha value is -2.09. The molecule has 0 spiro atoms. The van der Waals surface area contributed by atoms with Gasteiger partial charge in [-0.15, -0.1) is 0 Å². The summed E-state index contributed by atoms with van der Waals surface area (Å²) < 4.78 is 5.77. The van der Waals surface area contributed by atoms with Crippen molar-refractivity contribution in [2.75, 3.05) is 6.61 Å². The Kier molecular flexibility index (Phi) is 6.86. The minimum atomic E-state index is -0.199. The first kappa shape index (κ1) is 17.3. The summed E-state index contributed by atoms with van der Waals surface area (Å²) in [4.78, 5) is 12.1. The number of hydrogen-bond acceptors (Lipinski definition) is 2. The van der Waals surface area contributed by atoms with Gasteiger partial charge in [0.1, 0.15) is 11.5 Å². The zero-order valence-electron chi connectivity index (χ0n) is 14.1. The molecular weight excluding hydrogens is 284 g/mol. The van der Waals surface area contributed by atoms with Crippen molar-refractivity contribution in [3.63, 3.8) is 0 Å². The van der Waals surface area contributed by atoms with Crippen LogP contribution >= 0.6 is 0 Å². The quantitative estimate of drug-likeness (QED) is 0.582. The summed E-state index contributed by atoms with van der Waals surface area (Å²) in [7, 11) is 0. The second kappa shape index (κ2) is 9.14. The highest BCUT2D eigenvalue weighted by atomic mass is 16.5. The van der Waals surface area contributed by atoms with Crippen LogP contribution in [0.1, 0.15) is 56.6 Å². The molecule has 0 aromatic heterocycles. The van der Waals surface area contributed by atoms with Gasteiger partial charge in [0.2, 0.25) is 0 Å². The van der Waals surface area contributed by atoms with Gasteiger partial charge in [-0.05, 0) is 36.6 Å². The topological polar surface area (TPSA) is 26.3 Å². The summed E-state index contributed by atoms with van der Waals surface area (Å²) in [6, 6.07) is 17.9. The zero-order chi connectivity index (χ0) is 16.5. The van der Waals surface area contributed by atoms with Crippen LogP contribution in [0.15, 0.2) is 54.6 Å². The molecule has 2 aromatic carbocycles. The minimum Gasteiger partial charge on any atom is -0.494 e. The highest BCUT2D eigenvalue weighted by molar-refractivity contribution is 5.86. The number of carbonyl (C=O) groups excluding carboxylic acids is 1. The monoisotopic (exact) mass is 310 g/mol. The maximum Gasteiger partial charge on any atom is 0.141 e. The first-order valence-electron chi connectivity index (χ1n) is 8.50. The Bertz CT molecular complexity index is 587. The van der Waals surface area contributed by atoms with Gasteiger partial charge in [-0.25, -0.2) is 0 Å². The fraction of sp³-hybridized carbons (Fsp3) is 0.381. The van der Waals surface area contributed by atoms with E-state index < -0.39 is 0 Å². The molecule has 0 N–H and O–H groups in total. The number of Topliss-reactive ketones (excluding diaryl/α,β-unsaturated/α-hetero) is 1. The fourth-order valence-electron chi connectivity index (χ4n) is 2.78. The lowest BCUT2D eigenvalue weighted by molar-refractivity contribution is -0.117. The highest BCUT2D eigenvalue weighted by Gasteiger charge is 2.18. The van der Waals surface area contributed by atoms with Gasteiger partial charge in [-0.2, -0.15) is 0 Å². The van der Waals surface area contributed by atoms with Gasteiger partial charge < -0.3 is 4.74 Å². The van der Waals surface area contributed by atoms with Crippen molar-refractivity contribution in [3.8, 4) is 5.75 Å². The zero-order valence-corrected chi connectivity index (χ0v) is 14.1. The van der Waals surface area contributed by atoms with E-state index in [0.29, 0.717) is 0 Å². The molecule has 2 heteroatoms. The molecular formula is C21H26O2. The van der Waals surface area contributed by atoms with Crippen molar-refractivity contribution < 1.29 is 9.53 Å². The summed E-state index contributed by atoms with van der Waals surface area (Å²) in [5.41, 5.74) is 2.05. The standard InChI is InChI=1S/C21H26O2/c1-3-4-5-9-16-23-20-14-12-19(13-15-20)21(17(2)22)18-10-7-6-8-11-18/h6-8,10-15,21H,3-5,9,16H2,1-2H3. The predicted molar refractivity (Wildman–Crippen MR) is 95.0 cm³/mol. The number of unbranched alkanes of at least 4 members (excludes halogenated alkanes) is 3. The molecule has 1 atom stereocenters. The maximum atomic E-state index is 12.1. The van der Waals surface area contributed by atoms with E-state index in [-0.39, 0.29) is 11.7 Å². The number of hydrogen-bond donors (Lipinski definition) is 0. The van der Waals surface area contributed by atoms with Crippen LogP contribution in [0.2, 0.25) is 0 Å². The third-order valence-corrected chi connectivity index (χ3v) is 4.02. The molecule has 2 rings (SSSR count). The lowest BCUT2D eigenvalue weighted by Gasteiger charge is -2.15. The Morgan fingerprint density at radius 3 is 2.17 bits per heavy atom. The molecule has 0 bridgehead atoms. The average molecular weight is 310 g/mol. The molecule has 0 aliphatic carbocycles. The summed E-state index contributed by atoms with van der Waals surface area (Å²) >= 11 is 0. The van der Waals surface area contributed by atoms with E-state index in [0.717, 1.165) is 29.9 Å². The van der Waals surface area contributed by atoms with Crippen molar-refractivity contribution in [3.05, 3.63) is 65.7 Å². The number of benzene rings is 2. The lowest BCUT2D eigenvalue weighted by Crippen LogP contribution is -2.10. The van der Waals surface area contributed by atoms with Crippen LogP contribution in [0, 0.1) is 0 Å². The fourth-order valence-corrected chi connectivity index (χ4v) is 2.78. The van der Waals surface area contributed by atoms with Gasteiger partial charge in [0, 0.05) is 0 Å². The molecule has 0 aliphatic heterocycles. The average Bonchev–Trinajstić information content (AvgIpc) is 2.57. The van der Waals surface area contributed by atoms with Crippen LogP contribution < -0.4 is 4.74 Å². The summed E-state index contributed by atoms with van der Waals surface area (Å²) in [5.74, 6) is 0.833. The number of ether oxygens (including phenoxy) is 1. The first-order valence-corrected chi connectivity index (χ1v) is 8.50. The third-order valence-electron chi connectivity index (χ3n) is 4.02. The smallest absolute Gasteiger partial charge is 0.141 e. The second-order valence-corrected chi connectivity index (χ2v) is 5.93. The van der Waals surface area contributed by atoms with Crippen molar-refractivity contribution >= 4 is 5.78 Å². The van der Waals surface area contributed by atoms with Gasteiger partial charge >= 0.3 is 0 Å². The third kappa shape index (κ3) is 5.24. The van der Waals surface area contributed by atoms with Crippen molar-refractivity contribution in [2.45, 2.75) is 45.4 Å². The van der Waals surface area contributed by atoms with Crippen molar-refractivity contribution in [1.82, 2.24) is 0 Å². The van der Waals surface area contributed by atoms with Crippen molar-refractivity contribution in [2.24, 2.45) is 0 Å². The lowest BCUT2D eigenvalue weighted by atomic mass is 9.88. The van der Waals surface area contributed by atoms with Crippen LogP contribution in [0.4, 0.5) is 0 Å². The van der Waals surface area contributed by atoms with E-state index in [1.54, 1.807) is 6.92 Å². The van der Waals surface area contributed by atoms with Crippen molar-refractivity contribution in [1.29, 1.82) is 0 Å². The number of rotatable bonds is 9. The van der Waals surface area contributed by atoms with Gasteiger partial charge in [0.15, 0.2) is 0 Å². The Balaban J connectivity index is 2.01. The molecule has 23 heavy (non-hydrogen) atoms. The number of carbonyl (C=O) groups is 1. The maximum absolute atomic E-state index is 12.1. The van der Waals surface area contributed by atoms with E-state index in [2.05, 4.69) is 6.92 Å². The van der Waals surface area contributed by atoms with E-state index >= 15 is 0 Å². The number of ketones is 1. The van der Waals surface area contributed by atoms with Gasteiger partial charge in [-0.1, -0.05) is 68.7 Å². The molecule has 2 nitrogen and oxygen atoms in total. The van der Waals surface area contributed by atoms with E-state index in [1.165, 1.54) is 19.3 Å². The van der Waals surface area contributed by atoms with Crippen LogP contribution in [0.25, 0.3) is 0 Å². The Morgan fingerprint density at radius 2 is 1.57 bits per heavy atom. The van der Waals surface area contributed by atoms with E-state index in [4.69, 9.17) is 4.74 Å². The highest BCUT2D eigenvalue weighted by Crippen LogP contribution is 2.27.